The summed E-state index contributed by atoms with van der Waals surface area (Å²) in [4.78, 5) is 49.1. The number of nitrogens with one attached hydrogen (secondary N) is 2. The van der Waals surface area contributed by atoms with Crippen molar-refractivity contribution in [2.45, 2.75) is 12.5 Å². The highest BCUT2D eigenvalue weighted by Gasteiger charge is 2.31. The van der Waals surface area contributed by atoms with Crippen LogP contribution in [0.3, 0.4) is 0 Å². The van der Waals surface area contributed by atoms with Crippen LogP contribution in [0.4, 0.5) is 11.4 Å². The second-order valence-electron chi connectivity index (χ2n) is 9.59. The molecule has 0 bridgehead atoms. The fourth-order valence-corrected chi connectivity index (χ4v) is 5.01. The zero-order valence-corrected chi connectivity index (χ0v) is 22.7. The van der Waals surface area contributed by atoms with E-state index >= 15 is 0 Å². The number of pyridine rings is 1. The molecule has 12 nitrogen and oxygen atoms in total. The normalized spacial score (nSPS) is 14.0. The number of rotatable bonds is 9. The summed E-state index contributed by atoms with van der Waals surface area (Å²) in [5, 5.41) is 14.9. The number of H-pyrrole nitrogens is 1. The Kier molecular flexibility index (Phi) is 7.99. The number of piperazine rings is 1. The third-order valence-electron chi connectivity index (χ3n) is 7.20. The predicted octanol–water partition coefficient (Wildman–Crippen LogP) is 3.18. The number of non-ortho nitro benzene ring substituents is 1. The highest BCUT2D eigenvalue weighted by molar-refractivity contribution is 5.99. The van der Waals surface area contributed by atoms with Crippen molar-refractivity contribution in [3.63, 3.8) is 0 Å². The lowest BCUT2D eigenvalue weighted by atomic mass is 10.0. The standard InChI is InChI=1S/C29H30N6O6/c1-40-26-12-11-23(28(32-26)41-2)27(36)31-25(17-19-18-30-24-6-4-3-5-22(19)24)29(37)34-15-13-33(14-16-34)20-7-9-21(10-8-20)35(38)39/h3-12,18,25,30H,13-17H2,1-2H3,(H,31,36). The van der Waals surface area contributed by atoms with Crippen molar-refractivity contribution in [3.8, 4) is 11.8 Å². The summed E-state index contributed by atoms with van der Waals surface area (Å²) in [6.07, 6.45) is 2.14. The van der Waals surface area contributed by atoms with Crippen LogP contribution < -0.4 is 19.7 Å². The Labute approximate surface area is 236 Å². The van der Waals surface area contributed by atoms with Gasteiger partial charge in [-0.1, -0.05) is 18.2 Å². The molecule has 2 N–H and O–H groups in total. The number of nitrogens with zero attached hydrogens (tertiary/aromatic N) is 4. The third-order valence-corrected chi connectivity index (χ3v) is 7.20. The van der Waals surface area contributed by atoms with Crippen LogP contribution in [0.25, 0.3) is 10.9 Å². The first-order chi connectivity index (χ1) is 19.9. The van der Waals surface area contributed by atoms with E-state index in [1.807, 2.05) is 30.5 Å². The van der Waals surface area contributed by atoms with E-state index < -0.39 is 16.9 Å². The number of aromatic nitrogens is 2. The second-order valence-corrected chi connectivity index (χ2v) is 9.59. The maximum absolute atomic E-state index is 13.9. The number of nitro groups is 1. The second kappa shape index (κ2) is 11.9. The average molecular weight is 559 g/mol. The van der Waals surface area contributed by atoms with Gasteiger partial charge in [-0.2, -0.15) is 4.98 Å². The zero-order chi connectivity index (χ0) is 28.9. The minimum absolute atomic E-state index is 0.0297. The number of hydrogen-bond acceptors (Lipinski definition) is 8. The Balaban J connectivity index is 1.35. The number of carbonyl (C=O) groups is 2. The number of carbonyl (C=O) groups excluding carboxylic acids is 2. The molecule has 212 valence electrons. The van der Waals surface area contributed by atoms with Crippen molar-refractivity contribution in [1.29, 1.82) is 0 Å². The van der Waals surface area contributed by atoms with Gasteiger partial charge in [-0.3, -0.25) is 19.7 Å². The summed E-state index contributed by atoms with van der Waals surface area (Å²) in [5.74, 6) is -0.292. The molecular formula is C29H30N6O6. The van der Waals surface area contributed by atoms with Gasteiger partial charge in [-0.25, -0.2) is 0 Å². The molecule has 1 unspecified atom stereocenters. The van der Waals surface area contributed by atoms with Crippen LogP contribution in [0.15, 0.2) is 66.9 Å². The molecule has 1 fully saturated rings. The predicted molar refractivity (Wildman–Crippen MR) is 152 cm³/mol. The molecule has 1 aliphatic heterocycles. The molecule has 1 aliphatic rings. The molecule has 1 saturated heterocycles. The molecule has 0 radical (unpaired) electrons. The van der Waals surface area contributed by atoms with Gasteiger partial charge in [0.1, 0.15) is 11.6 Å². The van der Waals surface area contributed by atoms with Gasteiger partial charge in [0.15, 0.2) is 0 Å². The highest BCUT2D eigenvalue weighted by Crippen LogP contribution is 2.24. The minimum atomic E-state index is -0.848. The molecule has 12 heteroatoms. The quantitative estimate of drug-likeness (QED) is 0.236. The van der Waals surface area contributed by atoms with Gasteiger partial charge in [0, 0.05) is 73.6 Å². The van der Waals surface area contributed by atoms with Crippen LogP contribution in [0.1, 0.15) is 15.9 Å². The van der Waals surface area contributed by atoms with Crippen LogP contribution in [0, 0.1) is 10.1 Å². The van der Waals surface area contributed by atoms with E-state index in [2.05, 4.69) is 20.2 Å². The fourth-order valence-electron chi connectivity index (χ4n) is 5.01. The number of fused-ring (bicyclic) bond motifs is 1. The van der Waals surface area contributed by atoms with E-state index in [9.17, 15) is 19.7 Å². The van der Waals surface area contributed by atoms with E-state index in [0.29, 0.717) is 32.1 Å². The number of amides is 2. The van der Waals surface area contributed by atoms with E-state index in [-0.39, 0.29) is 29.5 Å². The Bertz CT molecular complexity index is 1560. The molecule has 0 spiro atoms. The van der Waals surface area contributed by atoms with Gasteiger partial charge >= 0.3 is 0 Å². The summed E-state index contributed by atoms with van der Waals surface area (Å²) in [7, 11) is 2.89. The third kappa shape index (κ3) is 5.91. The lowest BCUT2D eigenvalue weighted by Crippen LogP contribution is -2.55. The first-order valence-electron chi connectivity index (χ1n) is 13.1. The summed E-state index contributed by atoms with van der Waals surface area (Å²) >= 11 is 0. The van der Waals surface area contributed by atoms with Crippen molar-refractivity contribution >= 4 is 34.1 Å². The first-order valence-corrected chi connectivity index (χ1v) is 13.1. The van der Waals surface area contributed by atoms with E-state index in [0.717, 1.165) is 22.2 Å². The Morgan fingerprint density at radius 3 is 2.44 bits per heavy atom. The number of ether oxygens (including phenoxy) is 2. The minimum Gasteiger partial charge on any atom is -0.481 e. The van der Waals surface area contributed by atoms with Crippen LogP contribution in [-0.4, -0.2) is 78.0 Å². The highest BCUT2D eigenvalue weighted by atomic mass is 16.6. The molecule has 2 aromatic carbocycles. The molecule has 4 aromatic rings. The molecule has 0 saturated carbocycles. The van der Waals surface area contributed by atoms with Crippen LogP contribution in [-0.2, 0) is 11.2 Å². The van der Waals surface area contributed by atoms with Crippen LogP contribution >= 0.6 is 0 Å². The van der Waals surface area contributed by atoms with Crippen molar-refractivity contribution in [1.82, 2.24) is 20.2 Å². The number of nitro benzene ring substituents is 1. The molecule has 2 amide bonds. The monoisotopic (exact) mass is 558 g/mol. The van der Waals surface area contributed by atoms with Crippen molar-refractivity contribution in [3.05, 3.63) is 88.1 Å². The lowest BCUT2D eigenvalue weighted by molar-refractivity contribution is -0.384. The van der Waals surface area contributed by atoms with Crippen LogP contribution in [0.5, 0.6) is 11.8 Å². The molecule has 2 aromatic heterocycles. The first kappa shape index (κ1) is 27.4. The number of aromatic amines is 1. The van der Waals surface area contributed by atoms with Gasteiger partial charge in [-0.15, -0.1) is 0 Å². The van der Waals surface area contributed by atoms with E-state index in [4.69, 9.17) is 9.47 Å². The topological polar surface area (TPSA) is 143 Å². The number of hydrogen-bond donors (Lipinski definition) is 2. The van der Waals surface area contributed by atoms with Gasteiger partial charge in [0.2, 0.25) is 17.7 Å². The maximum atomic E-state index is 13.9. The average Bonchev–Trinajstić information content (AvgIpc) is 3.42. The van der Waals surface area contributed by atoms with E-state index in [1.54, 1.807) is 29.2 Å². The Hall–Kier alpha value is -5.13. The fraction of sp³-hybridized carbons (Fsp3) is 0.276. The summed E-state index contributed by atoms with van der Waals surface area (Å²) in [5.41, 5.74) is 2.92. The largest absolute Gasteiger partial charge is 0.481 e. The summed E-state index contributed by atoms with van der Waals surface area (Å²) < 4.78 is 10.4. The molecule has 3 heterocycles. The van der Waals surface area contributed by atoms with Gasteiger partial charge in [0.25, 0.3) is 11.6 Å². The van der Waals surface area contributed by atoms with Crippen LogP contribution in [0.2, 0.25) is 0 Å². The van der Waals surface area contributed by atoms with Gasteiger partial charge in [0.05, 0.1) is 19.1 Å². The van der Waals surface area contributed by atoms with Gasteiger partial charge in [-0.05, 0) is 29.8 Å². The summed E-state index contributed by atoms with van der Waals surface area (Å²) in [6.45, 7) is 1.97. The molecular weight excluding hydrogens is 528 g/mol. The lowest BCUT2D eigenvalue weighted by Gasteiger charge is -2.37. The number of methoxy groups -OCH3 is 2. The number of para-hydroxylation sites is 1. The Morgan fingerprint density at radius 2 is 1.76 bits per heavy atom. The number of anilines is 1. The molecule has 41 heavy (non-hydrogen) atoms. The number of benzene rings is 2. The molecule has 1 atom stereocenters. The zero-order valence-electron chi connectivity index (χ0n) is 22.7. The Morgan fingerprint density at radius 1 is 1.02 bits per heavy atom. The van der Waals surface area contributed by atoms with Crippen molar-refractivity contribution in [2.75, 3.05) is 45.3 Å². The smallest absolute Gasteiger partial charge is 0.269 e. The maximum Gasteiger partial charge on any atom is 0.269 e. The van der Waals surface area contributed by atoms with Crippen molar-refractivity contribution in [2.24, 2.45) is 0 Å². The summed E-state index contributed by atoms with van der Waals surface area (Å²) in [6, 6.07) is 16.4. The van der Waals surface area contributed by atoms with Gasteiger partial charge < -0.3 is 29.6 Å². The van der Waals surface area contributed by atoms with E-state index in [1.165, 1.54) is 26.4 Å². The molecule has 0 aliphatic carbocycles. The molecule has 5 rings (SSSR count). The van der Waals surface area contributed by atoms with Crippen molar-refractivity contribution < 1.29 is 24.0 Å². The SMILES string of the molecule is COc1ccc(C(=O)NC(Cc2c[nH]c3ccccc23)C(=O)N2CCN(c3ccc([N+](=O)[O-])cc3)CC2)c(OC)n1.